The third kappa shape index (κ3) is 3.15. The summed E-state index contributed by atoms with van der Waals surface area (Å²) in [5.41, 5.74) is 0. The minimum absolute atomic E-state index is 0.0852. The maximum atomic E-state index is 11.9. The highest BCUT2D eigenvalue weighted by atomic mass is 79.9. The standard InChI is InChI=1S/C8H5BrClN3O2S2/c9-5-1-2-8(16-5)17(14,15)13-7-4-11-3-6(10)12-7/h1-4H,(H,12,13). The molecule has 9 heteroatoms. The van der Waals surface area contributed by atoms with Crippen molar-refractivity contribution in [2.75, 3.05) is 4.72 Å². The first-order chi connectivity index (χ1) is 7.97. The van der Waals surface area contributed by atoms with Gasteiger partial charge in [-0.15, -0.1) is 11.3 Å². The van der Waals surface area contributed by atoms with Crippen molar-refractivity contribution in [1.29, 1.82) is 0 Å². The summed E-state index contributed by atoms with van der Waals surface area (Å²) in [4.78, 5) is 7.54. The van der Waals surface area contributed by atoms with Crippen LogP contribution in [0.4, 0.5) is 5.82 Å². The Morgan fingerprint density at radius 1 is 1.35 bits per heavy atom. The van der Waals surface area contributed by atoms with Crippen molar-refractivity contribution in [3.05, 3.63) is 33.5 Å². The molecule has 0 saturated heterocycles. The Kier molecular flexibility index (Phi) is 3.67. The topological polar surface area (TPSA) is 72.0 Å². The van der Waals surface area contributed by atoms with Crippen molar-refractivity contribution in [3.63, 3.8) is 0 Å². The van der Waals surface area contributed by atoms with Crippen molar-refractivity contribution in [2.24, 2.45) is 0 Å². The van der Waals surface area contributed by atoms with E-state index in [9.17, 15) is 8.42 Å². The van der Waals surface area contributed by atoms with Crippen LogP contribution in [0.3, 0.4) is 0 Å². The van der Waals surface area contributed by atoms with Crippen LogP contribution in [-0.4, -0.2) is 18.4 Å². The second kappa shape index (κ2) is 4.89. The first-order valence-electron chi connectivity index (χ1n) is 4.23. The molecule has 0 radical (unpaired) electrons. The number of nitrogens with one attached hydrogen (secondary N) is 1. The fraction of sp³-hybridized carbons (Fsp3) is 0. The van der Waals surface area contributed by atoms with Gasteiger partial charge in [-0.1, -0.05) is 11.6 Å². The Labute approximate surface area is 115 Å². The van der Waals surface area contributed by atoms with Gasteiger partial charge in [-0.05, 0) is 28.1 Å². The summed E-state index contributed by atoms with van der Waals surface area (Å²) >= 11 is 9.91. The van der Waals surface area contributed by atoms with Gasteiger partial charge in [0.1, 0.15) is 9.36 Å². The first kappa shape index (κ1) is 12.7. The van der Waals surface area contributed by atoms with E-state index < -0.39 is 10.0 Å². The number of aromatic nitrogens is 2. The van der Waals surface area contributed by atoms with Crippen molar-refractivity contribution >= 4 is 54.7 Å². The average Bonchev–Trinajstić information content (AvgIpc) is 2.65. The predicted octanol–water partition coefficient (Wildman–Crippen LogP) is 2.75. The Hall–Kier alpha value is -0.700. The Morgan fingerprint density at radius 2 is 2.12 bits per heavy atom. The van der Waals surface area contributed by atoms with Crippen molar-refractivity contribution < 1.29 is 8.42 Å². The number of halogens is 2. The number of thiophene rings is 1. The number of hydrogen-bond acceptors (Lipinski definition) is 5. The molecule has 0 spiro atoms. The monoisotopic (exact) mass is 353 g/mol. The molecule has 0 aromatic carbocycles. The minimum Gasteiger partial charge on any atom is -0.261 e. The van der Waals surface area contributed by atoms with Gasteiger partial charge in [-0.2, -0.15) is 0 Å². The predicted molar refractivity (Wildman–Crippen MR) is 69.9 cm³/mol. The first-order valence-corrected chi connectivity index (χ1v) is 7.70. The molecule has 0 atom stereocenters. The molecule has 90 valence electrons. The molecule has 0 aliphatic rings. The van der Waals surface area contributed by atoms with E-state index in [1.807, 2.05) is 0 Å². The van der Waals surface area contributed by atoms with Gasteiger partial charge in [-0.25, -0.2) is 13.4 Å². The van der Waals surface area contributed by atoms with E-state index in [2.05, 4.69) is 30.6 Å². The van der Waals surface area contributed by atoms with Crippen molar-refractivity contribution in [3.8, 4) is 0 Å². The number of sulfonamides is 1. The lowest BCUT2D eigenvalue weighted by Crippen LogP contribution is -2.12. The molecule has 0 unspecified atom stereocenters. The van der Waals surface area contributed by atoms with Crippen LogP contribution in [0.5, 0.6) is 0 Å². The van der Waals surface area contributed by atoms with Gasteiger partial charge in [0.25, 0.3) is 10.0 Å². The number of anilines is 1. The van der Waals surface area contributed by atoms with E-state index in [-0.39, 0.29) is 15.2 Å². The van der Waals surface area contributed by atoms with E-state index in [0.29, 0.717) is 0 Å². The zero-order valence-corrected chi connectivity index (χ0v) is 12.1. The fourth-order valence-corrected chi connectivity index (χ4v) is 4.16. The minimum atomic E-state index is -3.63. The number of nitrogens with zero attached hydrogens (tertiary/aromatic N) is 2. The van der Waals surface area contributed by atoms with Crippen LogP contribution >= 0.6 is 38.9 Å². The van der Waals surface area contributed by atoms with Crippen molar-refractivity contribution in [2.45, 2.75) is 4.21 Å². The third-order valence-corrected chi connectivity index (χ3v) is 5.31. The van der Waals surface area contributed by atoms with Gasteiger partial charge >= 0.3 is 0 Å². The van der Waals surface area contributed by atoms with Gasteiger partial charge < -0.3 is 0 Å². The van der Waals surface area contributed by atoms with Gasteiger partial charge in [0.15, 0.2) is 5.82 Å². The molecule has 1 N–H and O–H groups in total. The van der Waals surface area contributed by atoms with Crippen LogP contribution in [0.25, 0.3) is 0 Å². The van der Waals surface area contributed by atoms with Crippen LogP contribution in [0.1, 0.15) is 0 Å². The maximum Gasteiger partial charge on any atom is 0.272 e. The lowest BCUT2D eigenvalue weighted by molar-refractivity contribution is 0.603. The SMILES string of the molecule is O=S(=O)(Nc1cncc(Cl)n1)c1ccc(Br)s1. The lowest BCUT2D eigenvalue weighted by atomic mass is 10.7. The highest BCUT2D eigenvalue weighted by Crippen LogP contribution is 2.27. The Bertz CT molecular complexity index is 644. The molecule has 0 aliphatic carbocycles. The van der Waals surface area contributed by atoms with Crippen LogP contribution in [-0.2, 0) is 10.0 Å². The highest BCUT2D eigenvalue weighted by Gasteiger charge is 2.17. The molecule has 2 heterocycles. The number of hydrogen-bond donors (Lipinski definition) is 1. The Balaban J connectivity index is 2.29. The van der Waals surface area contributed by atoms with Gasteiger partial charge in [0.05, 0.1) is 16.2 Å². The van der Waals surface area contributed by atoms with Crippen LogP contribution in [0.15, 0.2) is 32.5 Å². The number of rotatable bonds is 3. The molecule has 0 aliphatic heterocycles. The largest absolute Gasteiger partial charge is 0.272 e. The van der Waals surface area contributed by atoms with Gasteiger partial charge in [0.2, 0.25) is 0 Å². The summed E-state index contributed by atoms with van der Waals surface area (Å²) in [6, 6.07) is 3.15. The molecule has 0 amide bonds. The summed E-state index contributed by atoms with van der Waals surface area (Å²) in [5.74, 6) is 0.0852. The molecule has 5 nitrogen and oxygen atoms in total. The fourth-order valence-electron chi connectivity index (χ4n) is 1.02. The van der Waals surface area contributed by atoms with Gasteiger partial charge in [0, 0.05) is 0 Å². The van der Waals surface area contributed by atoms with E-state index >= 15 is 0 Å². The van der Waals surface area contributed by atoms with Crippen LogP contribution < -0.4 is 4.72 Å². The second-order valence-corrected chi connectivity index (χ2v) is 7.65. The highest BCUT2D eigenvalue weighted by molar-refractivity contribution is 9.11. The van der Waals surface area contributed by atoms with Gasteiger partial charge in [-0.3, -0.25) is 9.71 Å². The third-order valence-electron chi connectivity index (χ3n) is 1.66. The summed E-state index contributed by atoms with van der Waals surface area (Å²) in [6.07, 6.45) is 2.60. The zero-order valence-electron chi connectivity index (χ0n) is 8.09. The normalized spacial score (nSPS) is 11.4. The molecule has 2 rings (SSSR count). The van der Waals surface area contributed by atoms with E-state index in [0.717, 1.165) is 15.1 Å². The summed E-state index contributed by atoms with van der Waals surface area (Å²) in [6.45, 7) is 0. The molecule has 0 fully saturated rings. The second-order valence-electron chi connectivity index (χ2n) is 2.89. The molecule has 0 bridgehead atoms. The molecule has 2 aromatic rings. The van der Waals surface area contributed by atoms with Crippen LogP contribution in [0, 0.1) is 0 Å². The average molecular weight is 355 g/mol. The molecule has 2 aromatic heterocycles. The Morgan fingerprint density at radius 3 is 2.71 bits per heavy atom. The van der Waals surface area contributed by atoms with E-state index in [1.165, 1.54) is 18.5 Å². The summed E-state index contributed by atoms with van der Waals surface area (Å²) in [7, 11) is -3.63. The van der Waals surface area contributed by atoms with E-state index in [1.54, 1.807) is 6.07 Å². The molecular weight excluding hydrogens is 350 g/mol. The van der Waals surface area contributed by atoms with Crippen molar-refractivity contribution in [1.82, 2.24) is 9.97 Å². The molecular formula is C8H5BrClN3O2S2. The lowest BCUT2D eigenvalue weighted by Gasteiger charge is -2.04. The quantitative estimate of drug-likeness (QED) is 0.920. The smallest absolute Gasteiger partial charge is 0.261 e. The maximum absolute atomic E-state index is 11.9. The summed E-state index contributed by atoms with van der Waals surface area (Å²) < 4.78 is 27.0. The summed E-state index contributed by atoms with van der Waals surface area (Å²) in [5, 5.41) is 0.123. The van der Waals surface area contributed by atoms with Crippen LogP contribution in [0.2, 0.25) is 5.15 Å². The van der Waals surface area contributed by atoms with E-state index in [4.69, 9.17) is 11.6 Å². The molecule has 17 heavy (non-hydrogen) atoms. The molecule has 0 saturated carbocycles. The zero-order chi connectivity index (χ0) is 12.5.